The Kier molecular flexibility index (Phi) is 6.49. The van der Waals surface area contributed by atoms with Crippen molar-refractivity contribution < 1.29 is 18.7 Å². The number of nitrogens with one attached hydrogen (secondary N) is 1. The highest BCUT2D eigenvalue weighted by molar-refractivity contribution is 6.02. The molecule has 0 aliphatic heterocycles. The molecule has 1 N–H and O–H groups in total. The highest BCUT2D eigenvalue weighted by Crippen LogP contribution is 2.20. The summed E-state index contributed by atoms with van der Waals surface area (Å²) in [6, 6.07) is 15.3. The number of nitrogens with zero attached hydrogens (tertiary/aromatic N) is 2. The molecule has 0 bridgehead atoms. The fourth-order valence-corrected chi connectivity index (χ4v) is 3.32. The molecule has 0 unspecified atom stereocenters. The van der Waals surface area contributed by atoms with E-state index in [9.17, 15) is 4.79 Å². The van der Waals surface area contributed by atoms with Crippen molar-refractivity contribution in [3.05, 3.63) is 94.7 Å². The van der Waals surface area contributed by atoms with Gasteiger partial charge in [0, 0.05) is 0 Å². The van der Waals surface area contributed by atoms with Crippen LogP contribution in [0.5, 0.6) is 11.5 Å². The van der Waals surface area contributed by atoms with E-state index >= 15 is 0 Å². The first kappa shape index (κ1) is 22.2. The van der Waals surface area contributed by atoms with Crippen LogP contribution in [-0.2, 0) is 13.3 Å². The molecule has 170 valence electrons. The fourth-order valence-electron chi connectivity index (χ4n) is 3.32. The van der Waals surface area contributed by atoms with Crippen molar-refractivity contribution in [3.8, 4) is 11.5 Å². The fraction of sp³-hybridized carbons (Fsp3) is 0.231. The Labute approximate surface area is 192 Å². The maximum absolute atomic E-state index is 12.5. The average molecular weight is 446 g/mol. The quantitative estimate of drug-likeness (QED) is 0.383. The molecule has 0 fully saturated rings. The summed E-state index contributed by atoms with van der Waals surface area (Å²) in [7, 11) is 0. The number of hydrogen-bond acceptors (Lipinski definition) is 5. The zero-order valence-electron chi connectivity index (χ0n) is 19.2. The van der Waals surface area contributed by atoms with Gasteiger partial charge in [0.05, 0.1) is 18.1 Å². The number of aryl methyl sites for hydroxylation is 4. The van der Waals surface area contributed by atoms with E-state index in [4.69, 9.17) is 13.9 Å². The lowest BCUT2D eigenvalue weighted by Crippen LogP contribution is -2.10. The van der Waals surface area contributed by atoms with Crippen LogP contribution in [0.15, 0.2) is 65.3 Å². The number of ether oxygens (including phenoxy) is 2. The molecule has 0 saturated carbocycles. The van der Waals surface area contributed by atoms with Crippen LogP contribution >= 0.6 is 0 Å². The summed E-state index contributed by atoms with van der Waals surface area (Å²) in [6.45, 7) is 8.61. The molecular formula is C26H27N3O4. The number of aromatic nitrogens is 2. The minimum Gasteiger partial charge on any atom is -0.486 e. The van der Waals surface area contributed by atoms with Crippen LogP contribution in [0, 0.1) is 27.7 Å². The van der Waals surface area contributed by atoms with Crippen LogP contribution < -0.4 is 14.8 Å². The third-order valence-electron chi connectivity index (χ3n) is 5.32. The summed E-state index contributed by atoms with van der Waals surface area (Å²) in [4.78, 5) is 12.5. The van der Waals surface area contributed by atoms with Crippen molar-refractivity contribution in [2.45, 2.75) is 41.0 Å². The molecule has 0 radical (unpaired) electrons. The molecule has 1 amide bonds. The van der Waals surface area contributed by atoms with Crippen molar-refractivity contribution in [2.75, 3.05) is 5.32 Å². The van der Waals surface area contributed by atoms with Crippen molar-refractivity contribution in [1.82, 2.24) is 9.78 Å². The lowest BCUT2D eigenvalue weighted by molar-refractivity contribution is 0.0992. The first-order chi connectivity index (χ1) is 15.9. The number of anilines is 1. The lowest BCUT2D eigenvalue weighted by atomic mass is 10.1. The normalized spacial score (nSPS) is 10.8. The smallest absolute Gasteiger partial charge is 0.291 e. The summed E-state index contributed by atoms with van der Waals surface area (Å²) in [5, 5.41) is 7.02. The average Bonchev–Trinajstić information content (AvgIpc) is 3.44. The van der Waals surface area contributed by atoms with Crippen LogP contribution in [-0.4, -0.2) is 15.7 Å². The van der Waals surface area contributed by atoms with Gasteiger partial charge in [0.1, 0.15) is 23.9 Å². The molecule has 0 aliphatic carbocycles. The summed E-state index contributed by atoms with van der Waals surface area (Å²) >= 11 is 0. The minimum atomic E-state index is -0.359. The molecule has 2 aromatic carbocycles. The van der Waals surface area contributed by atoms with E-state index < -0.39 is 0 Å². The Morgan fingerprint density at radius 1 is 0.970 bits per heavy atom. The van der Waals surface area contributed by atoms with E-state index in [1.165, 1.54) is 11.1 Å². The number of carbonyl (C=O) groups excluding carboxylic acids is 1. The SMILES string of the molecule is Cc1ccc(OCn2cc(NC(=O)c3ccc(COc4ccc(C)c(C)c4)o3)cn2)c(C)c1. The Hall–Kier alpha value is -4.00. The minimum absolute atomic E-state index is 0.202. The van der Waals surface area contributed by atoms with E-state index in [0.717, 1.165) is 22.6 Å². The van der Waals surface area contributed by atoms with E-state index in [-0.39, 0.29) is 25.0 Å². The molecule has 4 aromatic rings. The summed E-state index contributed by atoms with van der Waals surface area (Å²) < 4.78 is 18.8. The number of rotatable bonds is 8. The second-order valence-corrected chi connectivity index (χ2v) is 8.07. The van der Waals surface area contributed by atoms with Gasteiger partial charge in [-0.1, -0.05) is 23.8 Å². The zero-order valence-corrected chi connectivity index (χ0v) is 19.2. The molecule has 0 atom stereocenters. The molecule has 2 aromatic heterocycles. The van der Waals surface area contributed by atoms with Gasteiger partial charge >= 0.3 is 0 Å². The topological polar surface area (TPSA) is 78.5 Å². The van der Waals surface area contributed by atoms with Crippen molar-refractivity contribution in [3.63, 3.8) is 0 Å². The molecule has 33 heavy (non-hydrogen) atoms. The van der Waals surface area contributed by atoms with Crippen LogP contribution in [0.2, 0.25) is 0 Å². The maximum atomic E-state index is 12.5. The number of benzene rings is 2. The van der Waals surface area contributed by atoms with Crippen LogP contribution in [0.1, 0.15) is 38.6 Å². The summed E-state index contributed by atoms with van der Waals surface area (Å²) in [6.07, 6.45) is 3.27. The third kappa shape index (κ3) is 5.63. The number of furan rings is 1. The van der Waals surface area contributed by atoms with Crippen LogP contribution in [0.4, 0.5) is 5.69 Å². The maximum Gasteiger partial charge on any atom is 0.291 e. The van der Waals surface area contributed by atoms with Gasteiger partial charge < -0.3 is 19.2 Å². The first-order valence-electron chi connectivity index (χ1n) is 10.7. The van der Waals surface area contributed by atoms with E-state index in [1.807, 2.05) is 51.1 Å². The molecule has 0 aliphatic rings. The Bertz CT molecular complexity index is 1270. The van der Waals surface area contributed by atoms with Crippen molar-refractivity contribution in [1.29, 1.82) is 0 Å². The second kappa shape index (κ2) is 9.65. The van der Waals surface area contributed by atoms with Gasteiger partial charge in [0.25, 0.3) is 5.91 Å². The molecular weight excluding hydrogens is 418 g/mol. The first-order valence-corrected chi connectivity index (χ1v) is 10.7. The molecule has 7 nitrogen and oxygen atoms in total. The van der Waals surface area contributed by atoms with Gasteiger partial charge in [-0.25, -0.2) is 4.68 Å². The van der Waals surface area contributed by atoms with Crippen molar-refractivity contribution >= 4 is 11.6 Å². The van der Waals surface area contributed by atoms with Crippen LogP contribution in [0.3, 0.4) is 0 Å². The Balaban J connectivity index is 1.30. The molecule has 0 saturated heterocycles. The molecule has 7 heteroatoms. The van der Waals surface area contributed by atoms with Crippen molar-refractivity contribution in [2.24, 2.45) is 0 Å². The summed E-state index contributed by atoms with van der Waals surface area (Å²) in [5.74, 6) is 1.97. The van der Waals surface area contributed by atoms with Gasteiger partial charge in [0.2, 0.25) is 0 Å². The van der Waals surface area contributed by atoms with Crippen LogP contribution in [0.25, 0.3) is 0 Å². The lowest BCUT2D eigenvalue weighted by Gasteiger charge is -2.09. The van der Waals surface area contributed by atoms with Gasteiger partial charge in [-0.2, -0.15) is 5.10 Å². The number of carbonyl (C=O) groups is 1. The predicted molar refractivity (Wildman–Crippen MR) is 126 cm³/mol. The van der Waals surface area contributed by atoms with E-state index in [0.29, 0.717) is 11.4 Å². The highest BCUT2D eigenvalue weighted by atomic mass is 16.5. The second-order valence-electron chi connectivity index (χ2n) is 8.07. The highest BCUT2D eigenvalue weighted by Gasteiger charge is 2.13. The van der Waals surface area contributed by atoms with Gasteiger partial charge in [0.15, 0.2) is 12.5 Å². The predicted octanol–water partition coefficient (Wildman–Crippen LogP) is 5.58. The zero-order chi connectivity index (χ0) is 23.4. The Morgan fingerprint density at radius 3 is 2.61 bits per heavy atom. The largest absolute Gasteiger partial charge is 0.486 e. The number of hydrogen-bond donors (Lipinski definition) is 1. The Morgan fingerprint density at radius 2 is 1.82 bits per heavy atom. The third-order valence-corrected chi connectivity index (χ3v) is 5.32. The van der Waals surface area contributed by atoms with Gasteiger partial charge in [-0.05, 0) is 74.7 Å². The molecule has 2 heterocycles. The van der Waals surface area contributed by atoms with Gasteiger partial charge in [-0.15, -0.1) is 0 Å². The monoisotopic (exact) mass is 445 g/mol. The standard InChI is InChI=1S/C26H27N3O4/c1-17-5-9-24(20(4)11-17)32-16-29-14-21(13-27-29)28-26(30)25-10-8-23(33-25)15-31-22-7-6-18(2)19(3)12-22/h5-14H,15-16H2,1-4H3,(H,28,30). The molecule has 0 spiro atoms. The molecule has 4 rings (SSSR count). The number of amides is 1. The summed E-state index contributed by atoms with van der Waals surface area (Å²) in [5.41, 5.74) is 5.16. The van der Waals surface area contributed by atoms with Gasteiger partial charge in [-0.3, -0.25) is 4.79 Å². The van der Waals surface area contributed by atoms with E-state index in [2.05, 4.69) is 23.4 Å². The van der Waals surface area contributed by atoms with E-state index in [1.54, 1.807) is 29.2 Å².